The fourth-order valence-corrected chi connectivity index (χ4v) is 2.03. The summed E-state index contributed by atoms with van der Waals surface area (Å²) in [5.74, 6) is 0.519. The molecule has 1 fully saturated rings. The van der Waals surface area contributed by atoms with E-state index in [0.717, 1.165) is 6.61 Å². The number of methoxy groups -OCH3 is 1. The van der Waals surface area contributed by atoms with Crippen LogP contribution in [0.25, 0.3) is 0 Å². The van der Waals surface area contributed by atoms with Gasteiger partial charge in [-0.25, -0.2) is 0 Å². The second-order valence-electron chi connectivity index (χ2n) is 4.43. The summed E-state index contributed by atoms with van der Waals surface area (Å²) in [6, 6.07) is 0. The van der Waals surface area contributed by atoms with Gasteiger partial charge < -0.3 is 9.47 Å². The van der Waals surface area contributed by atoms with E-state index in [2.05, 4.69) is 4.74 Å². The van der Waals surface area contributed by atoms with Gasteiger partial charge in [-0.05, 0) is 25.7 Å². The fraction of sp³-hybridized carbons (Fsp3) is 0.917. The van der Waals surface area contributed by atoms with E-state index in [1.54, 1.807) is 0 Å². The highest BCUT2D eigenvalue weighted by atomic mass is 16.5. The normalized spacial score (nSPS) is 19.9. The van der Waals surface area contributed by atoms with Gasteiger partial charge in [-0.2, -0.15) is 0 Å². The number of ether oxygens (including phenoxy) is 2. The van der Waals surface area contributed by atoms with Crippen LogP contribution in [0, 0.1) is 5.92 Å². The van der Waals surface area contributed by atoms with E-state index in [9.17, 15) is 4.79 Å². The van der Waals surface area contributed by atoms with Crippen molar-refractivity contribution in [3.05, 3.63) is 0 Å². The van der Waals surface area contributed by atoms with Crippen LogP contribution in [0.15, 0.2) is 0 Å². The molecule has 0 heterocycles. The predicted molar refractivity (Wildman–Crippen MR) is 58.6 cm³/mol. The van der Waals surface area contributed by atoms with Crippen molar-refractivity contribution in [2.24, 2.45) is 5.92 Å². The first-order valence-corrected chi connectivity index (χ1v) is 5.90. The van der Waals surface area contributed by atoms with Gasteiger partial charge in [0.2, 0.25) is 0 Å². The van der Waals surface area contributed by atoms with Gasteiger partial charge in [0.15, 0.2) is 0 Å². The molecule has 0 spiro atoms. The molecule has 0 aromatic carbocycles. The number of hydrogen-bond donors (Lipinski definition) is 0. The van der Waals surface area contributed by atoms with Crippen LogP contribution in [0.5, 0.6) is 0 Å². The molecule has 1 aliphatic rings. The van der Waals surface area contributed by atoms with Gasteiger partial charge in [-0.3, -0.25) is 4.79 Å². The van der Waals surface area contributed by atoms with Crippen molar-refractivity contribution in [2.45, 2.75) is 51.6 Å². The van der Waals surface area contributed by atoms with Crippen LogP contribution in [0.2, 0.25) is 0 Å². The van der Waals surface area contributed by atoms with Gasteiger partial charge >= 0.3 is 5.97 Å². The van der Waals surface area contributed by atoms with Crippen molar-refractivity contribution < 1.29 is 14.3 Å². The van der Waals surface area contributed by atoms with E-state index in [-0.39, 0.29) is 12.1 Å². The van der Waals surface area contributed by atoms with Crippen LogP contribution in [-0.2, 0) is 14.3 Å². The molecule has 0 saturated heterocycles. The van der Waals surface area contributed by atoms with E-state index in [0.29, 0.717) is 12.3 Å². The third kappa shape index (κ3) is 5.17. The summed E-state index contributed by atoms with van der Waals surface area (Å²) < 4.78 is 10.2. The van der Waals surface area contributed by atoms with E-state index in [4.69, 9.17) is 4.74 Å². The zero-order valence-electron chi connectivity index (χ0n) is 9.83. The molecule has 88 valence electrons. The predicted octanol–water partition coefficient (Wildman–Crippen LogP) is 2.53. The topological polar surface area (TPSA) is 35.5 Å². The Morgan fingerprint density at radius 3 is 2.60 bits per heavy atom. The van der Waals surface area contributed by atoms with Crippen LogP contribution >= 0.6 is 0 Å². The Hall–Kier alpha value is -0.570. The highest BCUT2D eigenvalue weighted by molar-refractivity contribution is 5.69. The second kappa shape index (κ2) is 6.83. The minimum Gasteiger partial charge on any atom is -0.469 e. The van der Waals surface area contributed by atoms with Crippen molar-refractivity contribution >= 4 is 5.97 Å². The molecule has 3 heteroatoms. The van der Waals surface area contributed by atoms with Gasteiger partial charge in [0.1, 0.15) is 0 Å². The quantitative estimate of drug-likeness (QED) is 0.660. The first-order chi connectivity index (χ1) is 7.22. The maximum atomic E-state index is 11.0. The largest absolute Gasteiger partial charge is 0.469 e. The molecule has 1 rings (SSSR count). The molecule has 1 aliphatic carbocycles. The minimum atomic E-state index is -0.189. The zero-order chi connectivity index (χ0) is 11.1. The molecule has 15 heavy (non-hydrogen) atoms. The maximum Gasteiger partial charge on any atom is 0.308 e. The Morgan fingerprint density at radius 2 is 2.00 bits per heavy atom. The highest BCUT2D eigenvalue weighted by Crippen LogP contribution is 2.24. The van der Waals surface area contributed by atoms with Crippen LogP contribution in [0.1, 0.15) is 45.4 Å². The van der Waals surface area contributed by atoms with Crippen molar-refractivity contribution in [1.29, 1.82) is 0 Å². The van der Waals surface area contributed by atoms with Crippen molar-refractivity contribution in [1.82, 2.24) is 0 Å². The molecule has 0 radical (unpaired) electrons. The number of hydrogen-bond acceptors (Lipinski definition) is 3. The molecule has 1 atom stereocenters. The summed E-state index contributed by atoms with van der Waals surface area (Å²) in [4.78, 5) is 11.0. The average molecular weight is 214 g/mol. The standard InChI is InChI=1S/C12H22O3/c1-10(8-12(13)14-2)15-9-11-6-4-3-5-7-11/h10-11H,3-9H2,1-2H3. The lowest BCUT2D eigenvalue weighted by Crippen LogP contribution is -2.20. The van der Waals surface area contributed by atoms with E-state index < -0.39 is 0 Å². The van der Waals surface area contributed by atoms with Gasteiger partial charge in [0, 0.05) is 6.61 Å². The van der Waals surface area contributed by atoms with E-state index in [1.807, 2.05) is 6.92 Å². The third-order valence-electron chi connectivity index (χ3n) is 3.02. The van der Waals surface area contributed by atoms with Gasteiger partial charge in [-0.15, -0.1) is 0 Å². The third-order valence-corrected chi connectivity index (χ3v) is 3.02. The number of rotatable bonds is 5. The van der Waals surface area contributed by atoms with Crippen LogP contribution in [0.3, 0.4) is 0 Å². The lowest BCUT2D eigenvalue weighted by molar-refractivity contribution is -0.143. The van der Waals surface area contributed by atoms with Crippen LogP contribution in [0.4, 0.5) is 0 Å². The number of carbonyl (C=O) groups excluding carboxylic acids is 1. The van der Waals surface area contributed by atoms with Gasteiger partial charge in [0.05, 0.1) is 19.6 Å². The Kier molecular flexibility index (Phi) is 5.69. The first kappa shape index (κ1) is 12.5. The molecule has 0 aromatic heterocycles. The van der Waals surface area contributed by atoms with Crippen molar-refractivity contribution in [3.63, 3.8) is 0 Å². The van der Waals surface area contributed by atoms with Crippen molar-refractivity contribution in [3.8, 4) is 0 Å². The first-order valence-electron chi connectivity index (χ1n) is 5.90. The smallest absolute Gasteiger partial charge is 0.308 e. The maximum absolute atomic E-state index is 11.0. The molecular weight excluding hydrogens is 192 g/mol. The summed E-state index contributed by atoms with van der Waals surface area (Å²) in [6.45, 7) is 2.73. The minimum absolute atomic E-state index is 0.0145. The van der Waals surface area contributed by atoms with Crippen LogP contribution < -0.4 is 0 Å². The van der Waals surface area contributed by atoms with E-state index >= 15 is 0 Å². The molecule has 0 aliphatic heterocycles. The Balaban J connectivity index is 2.09. The average Bonchev–Trinajstić information content (AvgIpc) is 2.27. The summed E-state index contributed by atoms with van der Waals surface area (Å²) in [5.41, 5.74) is 0. The molecule has 0 bridgehead atoms. The van der Waals surface area contributed by atoms with Crippen LogP contribution in [-0.4, -0.2) is 25.8 Å². The summed E-state index contributed by atoms with van der Waals surface area (Å²) >= 11 is 0. The SMILES string of the molecule is COC(=O)CC(C)OCC1CCCCC1. The Labute approximate surface area is 92.1 Å². The zero-order valence-corrected chi connectivity index (χ0v) is 9.83. The molecule has 1 saturated carbocycles. The molecule has 0 amide bonds. The lowest BCUT2D eigenvalue weighted by Gasteiger charge is -2.23. The fourth-order valence-electron chi connectivity index (χ4n) is 2.03. The number of carbonyl (C=O) groups is 1. The molecular formula is C12H22O3. The highest BCUT2D eigenvalue weighted by Gasteiger charge is 2.16. The number of esters is 1. The Bertz CT molecular complexity index is 185. The van der Waals surface area contributed by atoms with Crippen molar-refractivity contribution in [2.75, 3.05) is 13.7 Å². The summed E-state index contributed by atoms with van der Waals surface area (Å²) in [7, 11) is 1.41. The Morgan fingerprint density at radius 1 is 1.33 bits per heavy atom. The van der Waals surface area contributed by atoms with E-state index in [1.165, 1.54) is 39.2 Å². The monoisotopic (exact) mass is 214 g/mol. The molecule has 3 nitrogen and oxygen atoms in total. The summed E-state index contributed by atoms with van der Waals surface area (Å²) in [5, 5.41) is 0. The van der Waals surface area contributed by atoms with Gasteiger partial charge in [0.25, 0.3) is 0 Å². The second-order valence-corrected chi connectivity index (χ2v) is 4.43. The molecule has 1 unspecified atom stereocenters. The summed E-state index contributed by atoms with van der Waals surface area (Å²) in [6.07, 6.45) is 6.95. The lowest BCUT2D eigenvalue weighted by atomic mass is 9.90. The molecule has 0 N–H and O–H groups in total. The molecule has 0 aromatic rings. The van der Waals surface area contributed by atoms with Gasteiger partial charge in [-0.1, -0.05) is 19.3 Å².